The molecular weight excluding hydrogens is 943 g/mol. The lowest BCUT2D eigenvalue weighted by Gasteiger charge is -2.38. The highest BCUT2D eigenvalue weighted by molar-refractivity contribution is 8.00. The summed E-state index contributed by atoms with van der Waals surface area (Å²) in [4.78, 5) is 69.9. The first kappa shape index (κ1) is 51.8. The number of β-amino-alcohol motifs (C(OH)–C–C–N with tert-alkyl or cyclic N) is 1. The van der Waals surface area contributed by atoms with Gasteiger partial charge in [0, 0.05) is 50.0 Å². The number of aromatic nitrogens is 3. The zero-order valence-corrected chi connectivity index (χ0v) is 42.4. The van der Waals surface area contributed by atoms with Gasteiger partial charge < -0.3 is 46.6 Å². The van der Waals surface area contributed by atoms with E-state index < -0.39 is 46.3 Å². The Bertz CT molecular complexity index is 2480. The van der Waals surface area contributed by atoms with Gasteiger partial charge in [0.1, 0.15) is 28.7 Å². The number of likely N-dealkylation sites (tertiary alicyclic amines) is 1. The Hall–Kier alpha value is -5.08. The van der Waals surface area contributed by atoms with E-state index in [0.717, 1.165) is 65.2 Å². The molecule has 1 saturated heterocycles. The molecular formula is C49H64ClFN10O6S2. The van der Waals surface area contributed by atoms with E-state index in [1.807, 2.05) is 45.3 Å². The fraction of sp³-hybridized carbons (Fsp3) is 0.531. The van der Waals surface area contributed by atoms with Crippen LogP contribution in [-0.4, -0.2) is 123 Å². The quantitative estimate of drug-likeness (QED) is 0.0441. The highest BCUT2D eigenvalue weighted by atomic mass is 35.5. The van der Waals surface area contributed by atoms with Crippen molar-refractivity contribution < 1.29 is 33.4 Å². The number of anilines is 3. The normalized spacial score (nSPS) is 20.2. The summed E-state index contributed by atoms with van der Waals surface area (Å²) in [5, 5.41) is 29.4. The lowest BCUT2D eigenvalue weighted by molar-refractivity contribution is -0.143. The monoisotopic (exact) mass is 1010 g/mol. The van der Waals surface area contributed by atoms with Crippen molar-refractivity contribution in [2.24, 2.45) is 11.8 Å². The van der Waals surface area contributed by atoms with Gasteiger partial charge in [-0.05, 0) is 125 Å². The van der Waals surface area contributed by atoms with Gasteiger partial charge in [0.25, 0.3) is 11.8 Å². The maximum Gasteiger partial charge on any atom is 0.258 e. The van der Waals surface area contributed by atoms with E-state index in [4.69, 9.17) is 16.3 Å². The Kier molecular flexibility index (Phi) is 17.1. The van der Waals surface area contributed by atoms with Crippen LogP contribution >= 0.6 is 34.7 Å². The lowest BCUT2D eigenvalue weighted by Crippen LogP contribution is -2.61. The third kappa shape index (κ3) is 13.0. The summed E-state index contributed by atoms with van der Waals surface area (Å²) in [7, 11) is 3.24. The van der Waals surface area contributed by atoms with Gasteiger partial charge in [-0.3, -0.25) is 19.2 Å². The zero-order valence-electron chi connectivity index (χ0n) is 40.0. The smallest absolute Gasteiger partial charge is 0.258 e. The lowest BCUT2D eigenvalue weighted by atomic mass is 9.83. The van der Waals surface area contributed by atoms with Gasteiger partial charge in [0.15, 0.2) is 5.67 Å². The number of aliphatic hydroxyl groups is 1. The van der Waals surface area contributed by atoms with Crippen LogP contribution in [0.3, 0.4) is 0 Å². The minimum absolute atomic E-state index is 0.0541. The molecule has 2 saturated carbocycles. The number of halogens is 2. The van der Waals surface area contributed by atoms with Crippen LogP contribution in [0.5, 0.6) is 5.75 Å². The Morgan fingerprint density at radius 2 is 1.80 bits per heavy atom. The van der Waals surface area contributed by atoms with Gasteiger partial charge in [0.05, 0.1) is 41.2 Å². The first-order chi connectivity index (χ1) is 33.0. The standard InChI is InChI=1S/C49H64ClFN10O6S2/c1-28-19-32(40-29(2)57-27-68-40)11-12-34(28)23-55-44(64)38-21-35(62)25-61(38)45(65)41(59-46(66)49(51)15-16-49)48(3,4)69-26-31-9-7-30(8-10-31)22-53-17-18-54-43(63)33-13-14-37(39(20-33)67-6)58-47-56-24-36(50)42(52-5)60-47/h11-14,19-20,24,27,30-31,35,38,41,53,62H,7-10,15-18,21-23,25-26H2,1-6H3,(H,54,63)(H,55,64)(H,59,66)(H2,52,56,58,60)/t30?,31?,35-,38?,41-/m1/s1. The molecule has 4 amide bonds. The van der Waals surface area contributed by atoms with E-state index in [0.29, 0.717) is 58.7 Å². The van der Waals surface area contributed by atoms with Crippen LogP contribution < -0.4 is 36.6 Å². The largest absolute Gasteiger partial charge is 0.495 e. The highest BCUT2D eigenvalue weighted by Gasteiger charge is 2.54. The van der Waals surface area contributed by atoms with E-state index in [-0.39, 0.29) is 38.3 Å². The molecule has 2 aliphatic carbocycles. The van der Waals surface area contributed by atoms with E-state index in [1.165, 1.54) is 18.2 Å². The van der Waals surface area contributed by atoms with E-state index in [9.17, 15) is 24.3 Å². The second-order valence-corrected chi connectivity index (χ2v) is 21.8. The Balaban J connectivity index is 0.865. The van der Waals surface area contributed by atoms with Gasteiger partial charge in [-0.1, -0.05) is 29.8 Å². The average molecular weight is 1010 g/mol. The predicted octanol–water partition coefficient (Wildman–Crippen LogP) is 6.57. The molecule has 1 unspecified atom stereocenters. The van der Waals surface area contributed by atoms with Crippen molar-refractivity contribution in [3.05, 3.63) is 75.5 Å². The van der Waals surface area contributed by atoms with Crippen LogP contribution in [0.1, 0.15) is 86.0 Å². The molecule has 69 heavy (non-hydrogen) atoms. The number of methoxy groups -OCH3 is 1. The van der Waals surface area contributed by atoms with Gasteiger partial charge >= 0.3 is 0 Å². The molecule has 0 bridgehead atoms. The summed E-state index contributed by atoms with van der Waals surface area (Å²) in [5.41, 5.74) is 4.78. The SMILES string of the molecule is CNc1nc(Nc2ccc(C(=O)NCCNCC3CCC(CSC(C)(C)[C@H](NC(=O)C4(F)CC4)C(=O)N4C[C@H](O)CC4C(=O)NCc4ccc(-c5scnc5C)cc4C)CC3)cc2OC)ncc1Cl. The van der Waals surface area contributed by atoms with Crippen molar-refractivity contribution >= 4 is 75.8 Å². The fourth-order valence-corrected chi connectivity index (χ4v) is 11.2. The number of rotatable bonds is 21. The molecule has 7 N–H and O–H groups in total. The van der Waals surface area contributed by atoms with Gasteiger partial charge in [0.2, 0.25) is 17.8 Å². The number of ether oxygens (including phenoxy) is 1. The predicted molar refractivity (Wildman–Crippen MR) is 270 cm³/mol. The first-order valence-electron chi connectivity index (χ1n) is 23.5. The molecule has 1 aliphatic heterocycles. The molecule has 3 aliphatic rings. The molecule has 7 rings (SSSR count). The maximum absolute atomic E-state index is 15.2. The molecule has 4 aromatic rings. The summed E-state index contributed by atoms with van der Waals surface area (Å²) < 4.78 is 19.8. The number of thiazole rings is 1. The maximum atomic E-state index is 15.2. The molecule has 372 valence electrons. The molecule has 3 atom stereocenters. The number of nitrogens with one attached hydrogen (secondary N) is 6. The molecule has 16 nitrogen and oxygen atoms in total. The number of thioether (sulfide) groups is 1. The second-order valence-electron chi connectivity index (χ2n) is 18.8. The number of carbonyl (C=O) groups is 4. The van der Waals surface area contributed by atoms with Crippen molar-refractivity contribution in [2.45, 2.75) is 108 Å². The minimum Gasteiger partial charge on any atom is -0.495 e. The van der Waals surface area contributed by atoms with Crippen molar-refractivity contribution in [1.82, 2.24) is 41.1 Å². The minimum atomic E-state index is -2.00. The number of benzene rings is 2. The third-order valence-corrected chi connectivity index (χ3v) is 16.2. The van der Waals surface area contributed by atoms with Crippen LogP contribution in [0, 0.1) is 25.7 Å². The van der Waals surface area contributed by atoms with Crippen molar-refractivity contribution in [1.29, 1.82) is 0 Å². The molecule has 0 radical (unpaired) electrons. The average Bonchev–Trinajstić information content (AvgIpc) is 3.74. The molecule has 2 aromatic carbocycles. The number of carbonyl (C=O) groups excluding carboxylic acids is 4. The van der Waals surface area contributed by atoms with Crippen LogP contribution in [-0.2, 0) is 20.9 Å². The van der Waals surface area contributed by atoms with Crippen LogP contribution in [0.15, 0.2) is 48.1 Å². The first-order valence-corrected chi connectivity index (χ1v) is 25.8. The summed E-state index contributed by atoms with van der Waals surface area (Å²) in [5.74, 6) is 0.899. The number of alkyl halides is 1. The zero-order chi connectivity index (χ0) is 49.5. The number of hydrogen-bond acceptors (Lipinski definition) is 14. The fourth-order valence-electron chi connectivity index (χ4n) is 8.87. The third-order valence-electron chi connectivity index (χ3n) is 13.4. The van der Waals surface area contributed by atoms with Gasteiger partial charge in [-0.25, -0.2) is 14.4 Å². The number of nitrogens with zero attached hydrogens (tertiary/aromatic N) is 4. The molecule has 20 heteroatoms. The van der Waals surface area contributed by atoms with E-state index >= 15 is 4.39 Å². The summed E-state index contributed by atoms with van der Waals surface area (Å²) in [6.07, 6.45) is 4.83. The van der Waals surface area contributed by atoms with E-state index in [1.54, 1.807) is 48.3 Å². The number of amides is 4. The van der Waals surface area contributed by atoms with Crippen LogP contribution in [0.2, 0.25) is 5.02 Å². The Labute approximate surface area is 416 Å². The van der Waals surface area contributed by atoms with Gasteiger partial charge in [-0.2, -0.15) is 16.7 Å². The topological polar surface area (TPSA) is 212 Å². The van der Waals surface area contributed by atoms with Crippen molar-refractivity contribution in [2.75, 3.05) is 56.7 Å². The Morgan fingerprint density at radius 3 is 2.48 bits per heavy atom. The second kappa shape index (κ2) is 22.8. The summed E-state index contributed by atoms with van der Waals surface area (Å²) in [6, 6.07) is 9.05. The van der Waals surface area contributed by atoms with Crippen LogP contribution in [0.25, 0.3) is 10.4 Å². The van der Waals surface area contributed by atoms with Gasteiger partial charge in [-0.15, -0.1) is 11.3 Å². The summed E-state index contributed by atoms with van der Waals surface area (Å²) >= 11 is 9.25. The molecule has 2 aromatic heterocycles. The van der Waals surface area contributed by atoms with Crippen LogP contribution in [0.4, 0.5) is 21.8 Å². The number of aliphatic hydroxyl groups excluding tert-OH is 1. The van der Waals surface area contributed by atoms with E-state index in [2.05, 4.69) is 52.9 Å². The summed E-state index contributed by atoms with van der Waals surface area (Å²) in [6.45, 7) is 9.75. The molecule has 3 heterocycles. The molecule has 0 spiro atoms. The van der Waals surface area contributed by atoms with Crippen molar-refractivity contribution in [3.63, 3.8) is 0 Å². The highest BCUT2D eigenvalue weighted by Crippen LogP contribution is 2.42. The number of hydrogen-bond donors (Lipinski definition) is 7. The molecule has 3 fully saturated rings. The Morgan fingerprint density at radius 1 is 1.04 bits per heavy atom. The van der Waals surface area contributed by atoms with Crippen molar-refractivity contribution in [3.8, 4) is 16.2 Å². The number of aryl methyl sites for hydroxylation is 2.